The van der Waals surface area contributed by atoms with Gasteiger partial charge in [-0.1, -0.05) is 26.2 Å². The third kappa shape index (κ3) is 5.26. The maximum Gasteiger partial charge on any atom is 0.317 e. The molecule has 0 bridgehead atoms. The highest BCUT2D eigenvalue weighted by atomic mass is 16.5. The first-order chi connectivity index (χ1) is 15.6. The van der Waals surface area contributed by atoms with Crippen LogP contribution in [0.15, 0.2) is 29.1 Å². The monoisotopic (exact) mass is 440 g/mol. The van der Waals surface area contributed by atoms with E-state index in [2.05, 4.69) is 22.1 Å². The van der Waals surface area contributed by atoms with Crippen molar-refractivity contribution in [2.24, 2.45) is 0 Å². The molecule has 2 aliphatic rings. The Morgan fingerprint density at radius 1 is 1.19 bits per heavy atom. The molecule has 7 heteroatoms. The Morgan fingerprint density at radius 3 is 2.75 bits per heavy atom. The van der Waals surface area contributed by atoms with Crippen molar-refractivity contribution in [3.63, 3.8) is 0 Å². The summed E-state index contributed by atoms with van der Waals surface area (Å²) in [6.45, 7) is 5.18. The van der Waals surface area contributed by atoms with Crippen LogP contribution in [-0.4, -0.2) is 59.6 Å². The second-order valence-electron chi connectivity index (χ2n) is 9.17. The summed E-state index contributed by atoms with van der Waals surface area (Å²) in [5.74, 6) is 0.743. The van der Waals surface area contributed by atoms with Gasteiger partial charge in [-0.05, 0) is 63.0 Å². The van der Waals surface area contributed by atoms with Gasteiger partial charge in [0.25, 0.3) is 5.56 Å². The Bertz CT molecular complexity index is 983. The number of aromatic nitrogens is 1. The number of carbonyl (C=O) groups excluding carboxylic acids is 1. The van der Waals surface area contributed by atoms with E-state index >= 15 is 0 Å². The molecule has 1 aromatic carbocycles. The van der Waals surface area contributed by atoms with Crippen molar-refractivity contribution in [1.29, 1.82) is 0 Å². The molecule has 2 fully saturated rings. The van der Waals surface area contributed by atoms with E-state index in [4.69, 9.17) is 4.74 Å². The van der Waals surface area contributed by atoms with Crippen LogP contribution < -0.4 is 15.6 Å². The molecule has 2 aromatic rings. The van der Waals surface area contributed by atoms with Crippen LogP contribution in [0.1, 0.15) is 57.4 Å². The number of amides is 2. The van der Waals surface area contributed by atoms with E-state index in [0.717, 1.165) is 55.4 Å². The van der Waals surface area contributed by atoms with E-state index in [9.17, 15) is 9.59 Å². The molecular formula is C25H36N4O3. The fourth-order valence-electron chi connectivity index (χ4n) is 5.18. The maximum absolute atomic E-state index is 13.3. The number of carbonyl (C=O) groups is 1. The fraction of sp³-hybridized carbons (Fsp3) is 0.600. The molecule has 7 nitrogen and oxygen atoms in total. The molecule has 32 heavy (non-hydrogen) atoms. The minimum Gasteiger partial charge on any atom is -0.497 e. The molecule has 1 aliphatic carbocycles. The first-order valence-electron chi connectivity index (χ1n) is 12.1. The number of benzene rings is 1. The fourth-order valence-corrected chi connectivity index (χ4v) is 5.18. The number of hydrogen-bond acceptors (Lipinski definition) is 4. The van der Waals surface area contributed by atoms with Crippen LogP contribution in [0.4, 0.5) is 4.79 Å². The zero-order valence-electron chi connectivity index (χ0n) is 19.4. The average molecular weight is 441 g/mol. The minimum atomic E-state index is -0.142. The Morgan fingerprint density at radius 2 is 2.00 bits per heavy atom. The Labute approximate surface area is 190 Å². The van der Waals surface area contributed by atoms with Crippen molar-refractivity contribution in [3.05, 3.63) is 40.2 Å². The van der Waals surface area contributed by atoms with Crippen LogP contribution in [0.2, 0.25) is 0 Å². The lowest BCUT2D eigenvalue weighted by atomic mass is 9.96. The van der Waals surface area contributed by atoms with Crippen molar-refractivity contribution >= 4 is 16.9 Å². The number of aromatic amines is 1. The molecule has 1 saturated carbocycles. The normalized spacial score (nSPS) is 19.9. The first kappa shape index (κ1) is 22.6. The molecule has 174 valence electrons. The lowest BCUT2D eigenvalue weighted by Crippen LogP contribution is -2.50. The number of likely N-dealkylation sites (N-methyl/N-ethyl adjacent to an activating group) is 1. The Hall–Kier alpha value is -2.54. The molecular weight excluding hydrogens is 404 g/mol. The molecule has 4 rings (SSSR count). The van der Waals surface area contributed by atoms with Gasteiger partial charge >= 0.3 is 6.03 Å². The van der Waals surface area contributed by atoms with Crippen molar-refractivity contribution in [3.8, 4) is 5.75 Å². The lowest BCUT2D eigenvalue weighted by molar-refractivity contribution is 0.159. The minimum absolute atomic E-state index is 0.0509. The van der Waals surface area contributed by atoms with Gasteiger partial charge in [-0.2, -0.15) is 0 Å². The van der Waals surface area contributed by atoms with Gasteiger partial charge in [0.1, 0.15) is 5.75 Å². The van der Waals surface area contributed by atoms with Gasteiger partial charge in [0.05, 0.1) is 13.7 Å². The van der Waals surface area contributed by atoms with E-state index in [-0.39, 0.29) is 17.6 Å². The molecule has 1 atom stereocenters. The quantitative estimate of drug-likeness (QED) is 0.685. The largest absolute Gasteiger partial charge is 0.497 e. The number of fused-ring (bicyclic) bond motifs is 1. The Kier molecular flexibility index (Phi) is 7.35. The van der Waals surface area contributed by atoms with Crippen LogP contribution in [0.25, 0.3) is 10.9 Å². The molecule has 0 radical (unpaired) electrons. The zero-order valence-corrected chi connectivity index (χ0v) is 19.4. The maximum atomic E-state index is 13.3. The number of likely N-dealkylation sites (tertiary alicyclic amines) is 1. The number of rotatable bonds is 7. The summed E-state index contributed by atoms with van der Waals surface area (Å²) in [6.07, 6.45) is 7.92. The van der Waals surface area contributed by atoms with Crippen LogP contribution >= 0.6 is 0 Å². The van der Waals surface area contributed by atoms with E-state index in [1.807, 2.05) is 29.2 Å². The van der Waals surface area contributed by atoms with Crippen molar-refractivity contribution in [1.82, 2.24) is 20.1 Å². The number of methoxy groups -OCH3 is 1. The first-order valence-corrected chi connectivity index (χ1v) is 12.1. The molecule has 2 amide bonds. The number of nitrogens with one attached hydrogen (secondary N) is 2. The van der Waals surface area contributed by atoms with Crippen molar-refractivity contribution in [2.45, 2.75) is 70.5 Å². The van der Waals surface area contributed by atoms with E-state index < -0.39 is 0 Å². The van der Waals surface area contributed by atoms with Gasteiger partial charge in [-0.25, -0.2) is 4.79 Å². The van der Waals surface area contributed by atoms with E-state index in [1.54, 1.807) is 7.11 Å². The number of ether oxygens (including phenoxy) is 1. The van der Waals surface area contributed by atoms with E-state index in [1.165, 1.54) is 19.3 Å². The van der Waals surface area contributed by atoms with Gasteiger partial charge in [0.15, 0.2) is 0 Å². The molecule has 2 N–H and O–H groups in total. The lowest BCUT2D eigenvalue weighted by Gasteiger charge is -2.32. The molecule has 0 spiro atoms. The van der Waals surface area contributed by atoms with Crippen LogP contribution in [0.5, 0.6) is 5.75 Å². The van der Waals surface area contributed by atoms with Gasteiger partial charge in [0.2, 0.25) is 0 Å². The third-order valence-corrected chi connectivity index (χ3v) is 7.05. The van der Waals surface area contributed by atoms with Gasteiger partial charge in [-0.3, -0.25) is 9.69 Å². The number of hydrogen-bond donors (Lipinski definition) is 2. The SMILES string of the molecule is CCN1CCCC1CN(Cc1cc2cc(OC)ccc2[nH]c1=O)C(=O)NC1CCCCC1. The average Bonchev–Trinajstić information content (AvgIpc) is 3.26. The summed E-state index contributed by atoms with van der Waals surface area (Å²) in [4.78, 5) is 33.4. The molecule has 1 saturated heterocycles. The summed E-state index contributed by atoms with van der Waals surface area (Å²) < 4.78 is 5.34. The molecule has 1 unspecified atom stereocenters. The third-order valence-electron chi connectivity index (χ3n) is 7.05. The summed E-state index contributed by atoms with van der Waals surface area (Å²) >= 11 is 0. The number of urea groups is 1. The van der Waals surface area contributed by atoms with Gasteiger partial charge in [-0.15, -0.1) is 0 Å². The summed E-state index contributed by atoms with van der Waals surface area (Å²) in [5, 5.41) is 4.16. The van der Waals surface area contributed by atoms with Crippen LogP contribution in [-0.2, 0) is 6.54 Å². The number of pyridine rings is 1. The topological polar surface area (TPSA) is 77.7 Å². The standard InChI is InChI=1S/C25H36N4O3/c1-3-28-13-7-10-21(28)17-29(25(31)26-20-8-5-4-6-9-20)16-19-14-18-15-22(32-2)11-12-23(18)27-24(19)30/h11-12,14-15,20-21H,3-10,13,16-17H2,1-2H3,(H,26,31)(H,27,30). The molecule has 1 aliphatic heterocycles. The van der Waals surface area contributed by atoms with Crippen molar-refractivity contribution < 1.29 is 9.53 Å². The van der Waals surface area contributed by atoms with Gasteiger partial charge < -0.3 is 19.9 Å². The highest BCUT2D eigenvalue weighted by Crippen LogP contribution is 2.22. The van der Waals surface area contributed by atoms with Crippen LogP contribution in [0, 0.1) is 0 Å². The van der Waals surface area contributed by atoms with Gasteiger partial charge in [0, 0.05) is 35.1 Å². The summed E-state index contributed by atoms with van der Waals surface area (Å²) in [7, 11) is 1.63. The Balaban J connectivity index is 1.57. The zero-order chi connectivity index (χ0) is 22.5. The van der Waals surface area contributed by atoms with E-state index in [0.29, 0.717) is 24.7 Å². The summed E-state index contributed by atoms with van der Waals surface area (Å²) in [6, 6.07) is 8.03. The second-order valence-corrected chi connectivity index (χ2v) is 9.17. The highest BCUT2D eigenvalue weighted by Gasteiger charge is 2.29. The smallest absolute Gasteiger partial charge is 0.317 e. The number of nitrogens with zero attached hydrogens (tertiary/aromatic N) is 2. The molecule has 2 heterocycles. The molecule has 1 aromatic heterocycles. The highest BCUT2D eigenvalue weighted by molar-refractivity contribution is 5.81. The predicted octanol–water partition coefficient (Wildman–Crippen LogP) is 3.87. The second kappa shape index (κ2) is 10.4. The van der Waals surface area contributed by atoms with Crippen molar-refractivity contribution in [2.75, 3.05) is 26.7 Å². The predicted molar refractivity (Wildman–Crippen MR) is 127 cm³/mol. The summed E-state index contributed by atoms with van der Waals surface area (Å²) in [5.41, 5.74) is 1.23. The number of H-pyrrole nitrogens is 1. The van der Waals surface area contributed by atoms with Crippen LogP contribution in [0.3, 0.4) is 0 Å².